The Morgan fingerprint density at radius 1 is 1.22 bits per heavy atom. The second-order valence-electron chi connectivity index (χ2n) is 9.06. The molecule has 0 unspecified atom stereocenters. The quantitative estimate of drug-likeness (QED) is 0.519. The standard InChI is InChI=1S/C27H27N5O5/c1-31-22-15-19(9-10-27(35)11-13-36-14-12-27)7-8-23(22)37-17-21(26(31)34)29-25(33)24-28-18-32(30-24)16-20-5-3-2-4-6-20/h2-8,15,18,21,35H,11-14,16-17H2,1H3,(H,29,33)/t21-/m0/s1. The Balaban J connectivity index is 1.26. The first-order valence-corrected chi connectivity index (χ1v) is 12.0. The largest absolute Gasteiger partial charge is 0.489 e. The molecule has 1 saturated heterocycles. The van der Waals surface area contributed by atoms with E-state index in [0.717, 1.165) is 5.56 Å². The van der Waals surface area contributed by atoms with Gasteiger partial charge in [-0.25, -0.2) is 9.67 Å². The smallest absolute Gasteiger partial charge is 0.291 e. The van der Waals surface area contributed by atoms with Crippen molar-refractivity contribution in [3.8, 4) is 17.6 Å². The van der Waals surface area contributed by atoms with Gasteiger partial charge >= 0.3 is 0 Å². The van der Waals surface area contributed by atoms with E-state index in [2.05, 4.69) is 27.2 Å². The lowest BCUT2D eigenvalue weighted by molar-refractivity contribution is -0.120. The lowest BCUT2D eigenvalue weighted by Gasteiger charge is -2.26. The summed E-state index contributed by atoms with van der Waals surface area (Å²) in [4.78, 5) is 31.5. The van der Waals surface area contributed by atoms with E-state index in [1.807, 2.05) is 30.3 Å². The Hall–Kier alpha value is -4.20. The first-order chi connectivity index (χ1) is 17.9. The van der Waals surface area contributed by atoms with E-state index in [0.29, 0.717) is 49.6 Å². The molecule has 0 bridgehead atoms. The van der Waals surface area contributed by atoms with Gasteiger partial charge in [-0.15, -0.1) is 5.10 Å². The van der Waals surface area contributed by atoms with Crippen LogP contribution in [0.2, 0.25) is 0 Å². The molecule has 3 heterocycles. The highest BCUT2D eigenvalue weighted by Gasteiger charge is 2.32. The normalized spacial score (nSPS) is 18.6. The van der Waals surface area contributed by atoms with Gasteiger partial charge in [-0.05, 0) is 23.8 Å². The van der Waals surface area contributed by atoms with Crippen LogP contribution < -0.4 is 15.0 Å². The van der Waals surface area contributed by atoms with Crippen LogP contribution in [0.5, 0.6) is 5.75 Å². The molecule has 0 radical (unpaired) electrons. The van der Waals surface area contributed by atoms with E-state index < -0.39 is 17.6 Å². The number of amides is 2. The summed E-state index contributed by atoms with van der Waals surface area (Å²) in [5.74, 6) is 5.50. The minimum absolute atomic E-state index is 0.0308. The molecule has 2 N–H and O–H groups in total. The number of rotatable bonds is 4. The van der Waals surface area contributed by atoms with Crippen molar-refractivity contribution in [1.29, 1.82) is 0 Å². The summed E-state index contributed by atoms with van der Waals surface area (Å²) < 4.78 is 12.7. The van der Waals surface area contributed by atoms with Crippen LogP contribution >= 0.6 is 0 Å². The predicted octanol–water partition coefficient (Wildman–Crippen LogP) is 1.37. The lowest BCUT2D eigenvalue weighted by atomic mass is 9.95. The summed E-state index contributed by atoms with van der Waals surface area (Å²) in [6.45, 7) is 1.37. The number of aliphatic hydroxyl groups is 1. The second-order valence-corrected chi connectivity index (χ2v) is 9.06. The first-order valence-electron chi connectivity index (χ1n) is 12.0. The summed E-state index contributed by atoms with van der Waals surface area (Å²) >= 11 is 0. The van der Waals surface area contributed by atoms with Crippen molar-refractivity contribution in [2.24, 2.45) is 0 Å². The van der Waals surface area contributed by atoms with Gasteiger partial charge < -0.3 is 24.8 Å². The Morgan fingerprint density at radius 3 is 2.78 bits per heavy atom. The molecule has 2 aliphatic rings. The summed E-state index contributed by atoms with van der Waals surface area (Å²) in [7, 11) is 1.62. The molecule has 1 aromatic heterocycles. The number of carbonyl (C=O) groups excluding carboxylic acids is 2. The van der Waals surface area contributed by atoms with Gasteiger partial charge in [0.2, 0.25) is 5.82 Å². The molecule has 0 saturated carbocycles. The van der Waals surface area contributed by atoms with Gasteiger partial charge in [0.25, 0.3) is 11.8 Å². The molecule has 10 heteroatoms. The Labute approximate surface area is 214 Å². The summed E-state index contributed by atoms with van der Waals surface area (Å²) in [6, 6.07) is 14.0. The highest BCUT2D eigenvalue weighted by molar-refractivity contribution is 6.02. The van der Waals surface area contributed by atoms with Crippen LogP contribution in [0.1, 0.15) is 34.6 Å². The molecule has 1 atom stereocenters. The molecular formula is C27H27N5O5. The number of nitrogens with zero attached hydrogens (tertiary/aromatic N) is 4. The Kier molecular flexibility index (Phi) is 6.90. The topological polar surface area (TPSA) is 119 Å². The summed E-state index contributed by atoms with van der Waals surface area (Å²) in [5, 5.41) is 17.5. The maximum atomic E-state index is 13.2. The maximum absolute atomic E-state index is 13.2. The number of nitrogens with one attached hydrogen (secondary N) is 1. The fraction of sp³-hybridized carbons (Fsp3) is 0.333. The number of ether oxygens (including phenoxy) is 2. The molecule has 1 fully saturated rings. The number of aromatic nitrogens is 3. The van der Waals surface area contributed by atoms with Crippen LogP contribution in [0.15, 0.2) is 54.9 Å². The zero-order chi connectivity index (χ0) is 25.8. The van der Waals surface area contributed by atoms with Gasteiger partial charge in [-0.2, -0.15) is 0 Å². The van der Waals surface area contributed by atoms with Crippen molar-refractivity contribution in [2.45, 2.75) is 31.0 Å². The third-order valence-electron chi connectivity index (χ3n) is 6.35. The van der Waals surface area contributed by atoms with E-state index in [-0.39, 0.29) is 18.3 Å². The fourth-order valence-corrected chi connectivity index (χ4v) is 4.17. The highest BCUT2D eigenvalue weighted by Crippen LogP contribution is 2.31. The number of hydrogen-bond acceptors (Lipinski definition) is 7. The number of fused-ring (bicyclic) bond motifs is 1. The molecule has 2 aromatic carbocycles. The highest BCUT2D eigenvalue weighted by atomic mass is 16.5. The zero-order valence-electron chi connectivity index (χ0n) is 20.4. The minimum Gasteiger partial charge on any atom is -0.489 e. The first kappa shape index (κ1) is 24.5. The Morgan fingerprint density at radius 2 is 2.00 bits per heavy atom. The molecule has 2 aliphatic heterocycles. The van der Waals surface area contributed by atoms with Crippen molar-refractivity contribution in [2.75, 3.05) is 31.8 Å². The molecule has 10 nitrogen and oxygen atoms in total. The Bertz CT molecular complexity index is 1350. The second kappa shape index (κ2) is 10.4. The van der Waals surface area contributed by atoms with E-state index in [4.69, 9.17) is 9.47 Å². The third kappa shape index (κ3) is 5.63. The van der Waals surface area contributed by atoms with Crippen molar-refractivity contribution in [3.05, 3.63) is 71.8 Å². The SMILES string of the molecule is CN1C(=O)[C@@H](NC(=O)c2ncn(Cc3ccccc3)n2)COc2ccc(C#CC3(O)CCOCC3)cc21. The molecule has 2 amide bonds. The molecule has 0 spiro atoms. The third-order valence-corrected chi connectivity index (χ3v) is 6.35. The van der Waals surface area contributed by atoms with E-state index >= 15 is 0 Å². The van der Waals surface area contributed by atoms with Gasteiger partial charge in [0.1, 0.15) is 30.3 Å². The monoisotopic (exact) mass is 501 g/mol. The molecule has 3 aromatic rings. The van der Waals surface area contributed by atoms with Crippen LogP contribution in [-0.2, 0) is 16.1 Å². The van der Waals surface area contributed by atoms with Crippen molar-refractivity contribution in [3.63, 3.8) is 0 Å². The van der Waals surface area contributed by atoms with Crippen molar-refractivity contribution >= 4 is 17.5 Å². The molecule has 190 valence electrons. The van der Waals surface area contributed by atoms with Gasteiger partial charge in [0, 0.05) is 25.5 Å². The van der Waals surface area contributed by atoms with Crippen molar-refractivity contribution < 1.29 is 24.2 Å². The number of benzene rings is 2. The number of hydrogen-bond donors (Lipinski definition) is 2. The van der Waals surface area contributed by atoms with Gasteiger partial charge in [-0.3, -0.25) is 9.59 Å². The molecular weight excluding hydrogens is 474 g/mol. The van der Waals surface area contributed by atoms with E-state index in [1.54, 1.807) is 29.9 Å². The number of likely N-dealkylation sites (N-methyl/N-ethyl adjacent to an activating group) is 1. The van der Waals surface area contributed by atoms with Crippen LogP contribution in [0.4, 0.5) is 5.69 Å². The van der Waals surface area contributed by atoms with Crippen molar-refractivity contribution in [1.82, 2.24) is 20.1 Å². The van der Waals surface area contributed by atoms with Crippen LogP contribution in [0, 0.1) is 11.8 Å². The summed E-state index contributed by atoms with van der Waals surface area (Å²) in [5.41, 5.74) is 1.10. The fourth-order valence-electron chi connectivity index (χ4n) is 4.17. The maximum Gasteiger partial charge on any atom is 0.291 e. The van der Waals surface area contributed by atoms with Gasteiger partial charge in [-0.1, -0.05) is 42.2 Å². The molecule has 0 aliphatic carbocycles. The van der Waals surface area contributed by atoms with Gasteiger partial charge in [0.05, 0.1) is 25.4 Å². The number of carbonyl (C=O) groups is 2. The lowest BCUT2D eigenvalue weighted by Crippen LogP contribution is -2.49. The van der Waals surface area contributed by atoms with E-state index in [9.17, 15) is 14.7 Å². The number of anilines is 1. The summed E-state index contributed by atoms with van der Waals surface area (Å²) in [6.07, 6.45) is 2.38. The van der Waals surface area contributed by atoms with Crippen LogP contribution in [0.25, 0.3) is 0 Å². The molecule has 5 rings (SSSR count). The van der Waals surface area contributed by atoms with Gasteiger partial charge in [0.15, 0.2) is 0 Å². The zero-order valence-corrected chi connectivity index (χ0v) is 20.4. The minimum atomic E-state index is -1.08. The predicted molar refractivity (Wildman–Crippen MR) is 134 cm³/mol. The average Bonchev–Trinajstić information content (AvgIpc) is 3.35. The van der Waals surface area contributed by atoms with E-state index in [1.165, 1.54) is 11.2 Å². The van der Waals surface area contributed by atoms with Crippen LogP contribution in [0.3, 0.4) is 0 Å². The molecule has 37 heavy (non-hydrogen) atoms. The van der Waals surface area contributed by atoms with Crippen LogP contribution in [-0.4, -0.2) is 70.2 Å². The average molecular weight is 502 g/mol.